The third-order valence-electron chi connectivity index (χ3n) is 4.00. The minimum absolute atomic E-state index is 0.0667. The van der Waals surface area contributed by atoms with E-state index in [1.165, 1.54) is 32.4 Å². The number of hydrogen-bond acceptors (Lipinski definition) is 6. The molecular formula is C18H15ClO6. The van der Waals surface area contributed by atoms with Gasteiger partial charge in [-0.05, 0) is 24.3 Å². The van der Waals surface area contributed by atoms with Crippen molar-refractivity contribution in [3.05, 3.63) is 52.0 Å². The Morgan fingerprint density at radius 3 is 2.68 bits per heavy atom. The number of aromatic hydroxyl groups is 1. The van der Waals surface area contributed by atoms with Gasteiger partial charge < -0.3 is 19.3 Å². The molecule has 1 atom stereocenters. The predicted molar refractivity (Wildman–Crippen MR) is 89.8 cm³/mol. The number of phenolic OH excluding ortho intramolecular Hbond substituents is 1. The number of esters is 1. The molecule has 0 radical (unpaired) electrons. The largest absolute Gasteiger partial charge is 0.508 e. The number of benzene rings is 2. The van der Waals surface area contributed by atoms with Gasteiger partial charge in [0.25, 0.3) is 0 Å². The fraction of sp³-hybridized carbons (Fsp3) is 0.222. The van der Waals surface area contributed by atoms with E-state index in [1.54, 1.807) is 12.1 Å². The monoisotopic (exact) mass is 362 g/mol. The molecular weight excluding hydrogens is 348 g/mol. The van der Waals surface area contributed by atoms with Crippen molar-refractivity contribution in [3.63, 3.8) is 0 Å². The van der Waals surface area contributed by atoms with Crippen molar-refractivity contribution in [2.45, 2.75) is 12.5 Å². The van der Waals surface area contributed by atoms with Crippen molar-refractivity contribution in [3.8, 4) is 17.2 Å². The standard InChI is InChI=1S/C18H15ClO6/c1-23-14-6-4-10-15(25-18(22)16(10)17(14)24-2)8-13(21)11-7-9(20)3-5-12(11)19/h3-7,15,20H,8H2,1-2H3/t15-/m1/s1. The lowest BCUT2D eigenvalue weighted by atomic mass is 9.97. The zero-order chi connectivity index (χ0) is 18.1. The van der Waals surface area contributed by atoms with Gasteiger partial charge in [-0.2, -0.15) is 0 Å². The van der Waals surface area contributed by atoms with E-state index in [9.17, 15) is 14.7 Å². The Morgan fingerprint density at radius 2 is 2.00 bits per heavy atom. The molecule has 1 N–H and O–H groups in total. The number of ketones is 1. The molecule has 0 aromatic heterocycles. The molecule has 3 rings (SSSR count). The Bertz CT molecular complexity index is 861. The average molecular weight is 363 g/mol. The SMILES string of the molecule is COc1ccc2c(c1OC)C(=O)O[C@@H]2CC(=O)c1cc(O)ccc1Cl. The van der Waals surface area contributed by atoms with Crippen LogP contribution in [0, 0.1) is 0 Å². The molecule has 0 spiro atoms. The normalized spacial score (nSPS) is 15.5. The van der Waals surface area contributed by atoms with Gasteiger partial charge in [-0.1, -0.05) is 17.7 Å². The van der Waals surface area contributed by atoms with E-state index in [1.807, 2.05) is 0 Å². The average Bonchev–Trinajstić information content (AvgIpc) is 2.91. The second-order valence-electron chi connectivity index (χ2n) is 5.45. The molecule has 130 valence electrons. The number of cyclic esters (lactones) is 1. The summed E-state index contributed by atoms with van der Waals surface area (Å²) in [6, 6.07) is 7.44. The summed E-state index contributed by atoms with van der Waals surface area (Å²) in [4.78, 5) is 24.8. The number of Topliss-reactive ketones (excluding diaryl/α,β-unsaturated/α-hetero) is 1. The minimum atomic E-state index is -0.756. The number of rotatable bonds is 5. The quantitative estimate of drug-likeness (QED) is 0.647. The van der Waals surface area contributed by atoms with Crippen molar-refractivity contribution in [1.29, 1.82) is 0 Å². The summed E-state index contributed by atoms with van der Waals surface area (Å²) in [5.41, 5.74) is 0.973. The topological polar surface area (TPSA) is 82.1 Å². The van der Waals surface area contributed by atoms with Crippen molar-refractivity contribution in [2.75, 3.05) is 14.2 Å². The maximum atomic E-state index is 12.5. The van der Waals surface area contributed by atoms with Crippen LogP contribution in [0.1, 0.15) is 38.8 Å². The number of methoxy groups -OCH3 is 2. The first-order valence-corrected chi connectivity index (χ1v) is 7.81. The van der Waals surface area contributed by atoms with Crippen LogP contribution in [0.15, 0.2) is 30.3 Å². The summed E-state index contributed by atoms with van der Waals surface area (Å²) in [5.74, 6) is -0.314. The van der Waals surface area contributed by atoms with Gasteiger partial charge in [-0.25, -0.2) is 4.79 Å². The highest BCUT2D eigenvalue weighted by Gasteiger charge is 2.37. The third-order valence-corrected chi connectivity index (χ3v) is 4.33. The van der Waals surface area contributed by atoms with Gasteiger partial charge in [-0.15, -0.1) is 0 Å². The van der Waals surface area contributed by atoms with E-state index >= 15 is 0 Å². The Labute approximate surface area is 148 Å². The summed E-state index contributed by atoms with van der Waals surface area (Å²) in [5, 5.41) is 9.77. The van der Waals surface area contributed by atoms with E-state index in [0.717, 1.165) is 0 Å². The number of carbonyl (C=O) groups is 2. The van der Waals surface area contributed by atoms with Crippen molar-refractivity contribution >= 4 is 23.4 Å². The van der Waals surface area contributed by atoms with E-state index < -0.39 is 12.1 Å². The summed E-state index contributed by atoms with van der Waals surface area (Å²) in [7, 11) is 2.89. The van der Waals surface area contributed by atoms with E-state index in [-0.39, 0.29) is 39.9 Å². The molecule has 6 nitrogen and oxygen atoms in total. The first-order valence-electron chi connectivity index (χ1n) is 7.43. The second-order valence-corrected chi connectivity index (χ2v) is 5.86. The molecule has 0 bridgehead atoms. The van der Waals surface area contributed by atoms with Gasteiger partial charge in [0.15, 0.2) is 17.3 Å². The van der Waals surface area contributed by atoms with Crippen LogP contribution in [0.25, 0.3) is 0 Å². The van der Waals surface area contributed by atoms with Crippen molar-refractivity contribution in [2.24, 2.45) is 0 Å². The van der Waals surface area contributed by atoms with Gasteiger partial charge in [0.05, 0.1) is 25.7 Å². The number of hydrogen-bond donors (Lipinski definition) is 1. The second kappa shape index (κ2) is 6.64. The zero-order valence-corrected chi connectivity index (χ0v) is 14.3. The zero-order valence-electron chi connectivity index (χ0n) is 13.5. The van der Waals surface area contributed by atoms with Gasteiger partial charge in [0, 0.05) is 11.1 Å². The first kappa shape index (κ1) is 17.1. The number of halogens is 1. The molecule has 0 aliphatic carbocycles. The highest BCUT2D eigenvalue weighted by molar-refractivity contribution is 6.34. The fourth-order valence-electron chi connectivity index (χ4n) is 2.83. The Hall–Kier alpha value is -2.73. The molecule has 2 aromatic carbocycles. The smallest absolute Gasteiger partial charge is 0.343 e. The van der Waals surface area contributed by atoms with Crippen molar-refractivity contribution in [1.82, 2.24) is 0 Å². The van der Waals surface area contributed by atoms with Crippen LogP contribution in [0.5, 0.6) is 17.2 Å². The van der Waals surface area contributed by atoms with Gasteiger partial charge in [0.1, 0.15) is 17.4 Å². The molecule has 25 heavy (non-hydrogen) atoms. The van der Waals surface area contributed by atoms with E-state index in [2.05, 4.69) is 0 Å². The minimum Gasteiger partial charge on any atom is -0.508 e. The predicted octanol–water partition coefficient (Wildman–Crippen LogP) is 3.55. The molecule has 7 heteroatoms. The molecule has 1 heterocycles. The van der Waals surface area contributed by atoms with Crippen molar-refractivity contribution < 1.29 is 28.9 Å². The lowest BCUT2D eigenvalue weighted by Crippen LogP contribution is -2.08. The maximum absolute atomic E-state index is 12.5. The highest BCUT2D eigenvalue weighted by atomic mass is 35.5. The molecule has 1 aliphatic heterocycles. The Balaban J connectivity index is 1.93. The maximum Gasteiger partial charge on any atom is 0.343 e. The van der Waals surface area contributed by atoms with Crippen LogP contribution < -0.4 is 9.47 Å². The van der Waals surface area contributed by atoms with Crippen LogP contribution in [0.3, 0.4) is 0 Å². The summed E-state index contributed by atoms with van der Waals surface area (Å²) < 4.78 is 15.8. The molecule has 2 aromatic rings. The fourth-order valence-corrected chi connectivity index (χ4v) is 3.05. The number of carbonyl (C=O) groups excluding carboxylic acids is 2. The molecule has 0 amide bonds. The van der Waals surface area contributed by atoms with Crippen LogP contribution in [0.2, 0.25) is 5.02 Å². The summed E-state index contributed by atoms with van der Waals surface area (Å²) in [6.45, 7) is 0. The molecule has 0 unspecified atom stereocenters. The third kappa shape index (κ3) is 3.00. The number of ether oxygens (including phenoxy) is 3. The summed E-state index contributed by atoms with van der Waals surface area (Å²) in [6.07, 6.45) is -0.856. The molecule has 0 saturated heterocycles. The van der Waals surface area contributed by atoms with E-state index in [0.29, 0.717) is 11.3 Å². The van der Waals surface area contributed by atoms with Crippen LogP contribution in [-0.2, 0) is 4.74 Å². The first-order chi connectivity index (χ1) is 12.0. The number of phenols is 1. The Morgan fingerprint density at radius 1 is 1.24 bits per heavy atom. The highest BCUT2D eigenvalue weighted by Crippen LogP contribution is 2.43. The Kier molecular flexibility index (Phi) is 4.55. The van der Waals surface area contributed by atoms with Gasteiger partial charge in [-0.3, -0.25) is 4.79 Å². The van der Waals surface area contributed by atoms with Gasteiger partial charge >= 0.3 is 5.97 Å². The summed E-state index contributed by atoms with van der Waals surface area (Å²) >= 11 is 6.02. The van der Waals surface area contributed by atoms with Crippen LogP contribution in [0.4, 0.5) is 0 Å². The lowest BCUT2D eigenvalue weighted by Gasteiger charge is -2.12. The number of fused-ring (bicyclic) bond motifs is 1. The molecule has 0 fully saturated rings. The van der Waals surface area contributed by atoms with Crippen LogP contribution >= 0.6 is 11.6 Å². The van der Waals surface area contributed by atoms with Crippen LogP contribution in [-0.4, -0.2) is 31.1 Å². The molecule has 0 saturated carbocycles. The van der Waals surface area contributed by atoms with Gasteiger partial charge in [0.2, 0.25) is 0 Å². The lowest BCUT2D eigenvalue weighted by molar-refractivity contribution is 0.0365. The van der Waals surface area contributed by atoms with E-state index in [4.69, 9.17) is 25.8 Å². The molecule has 1 aliphatic rings.